The molecule has 1 aliphatic rings. The summed E-state index contributed by atoms with van der Waals surface area (Å²) in [4.78, 5) is 8.48. The molecule has 1 saturated carbocycles. The van der Waals surface area contributed by atoms with Crippen molar-refractivity contribution in [2.75, 3.05) is 25.6 Å². The maximum absolute atomic E-state index is 5.43. The van der Waals surface area contributed by atoms with Crippen LogP contribution in [0.2, 0.25) is 0 Å². The van der Waals surface area contributed by atoms with Crippen LogP contribution in [0.5, 0.6) is 5.88 Å². The van der Waals surface area contributed by atoms with E-state index >= 15 is 0 Å². The predicted molar refractivity (Wildman–Crippen MR) is 79.4 cm³/mol. The molecule has 0 aliphatic heterocycles. The molecule has 2 aromatic heterocycles. The van der Waals surface area contributed by atoms with Crippen LogP contribution in [0.1, 0.15) is 24.6 Å². The Kier molecular flexibility index (Phi) is 4.35. The molecular formula is C15H20N4O2. The van der Waals surface area contributed by atoms with Gasteiger partial charge >= 0.3 is 0 Å². The Morgan fingerprint density at radius 2 is 2.19 bits per heavy atom. The Balaban J connectivity index is 1.51. The Morgan fingerprint density at radius 3 is 2.90 bits per heavy atom. The summed E-state index contributed by atoms with van der Waals surface area (Å²) in [5.74, 6) is 0.612. The Hall–Kier alpha value is -2.08. The molecule has 0 bridgehead atoms. The molecule has 1 N–H and O–H groups in total. The number of imidazole rings is 1. The van der Waals surface area contributed by atoms with Crippen molar-refractivity contribution in [3.8, 4) is 5.88 Å². The number of rotatable bonds is 8. The number of aromatic nitrogens is 3. The highest BCUT2D eigenvalue weighted by atomic mass is 16.5. The van der Waals surface area contributed by atoms with E-state index in [9.17, 15) is 0 Å². The summed E-state index contributed by atoms with van der Waals surface area (Å²) >= 11 is 0. The molecule has 0 amide bonds. The van der Waals surface area contributed by atoms with E-state index in [0.717, 1.165) is 12.2 Å². The topological polar surface area (TPSA) is 61.2 Å². The van der Waals surface area contributed by atoms with Gasteiger partial charge in [-0.1, -0.05) is 0 Å². The van der Waals surface area contributed by atoms with Gasteiger partial charge in [-0.3, -0.25) is 0 Å². The minimum atomic E-state index is 0.511. The van der Waals surface area contributed by atoms with E-state index in [1.807, 2.05) is 24.7 Å². The first-order chi connectivity index (χ1) is 10.4. The van der Waals surface area contributed by atoms with Gasteiger partial charge in [0.25, 0.3) is 0 Å². The van der Waals surface area contributed by atoms with Crippen LogP contribution in [-0.4, -0.2) is 34.9 Å². The molecular weight excluding hydrogens is 268 g/mol. The predicted octanol–water partition coefficient (Wildman–Crippen LogP) is 2.25. The van der Waals surface area contributed by atoms with E-state index in [2.05, 4.69) is 19.9 Å². The summed E-state index contributed by atoms with van der Waals surface area (Å²) in [5, 5.41) is 3.36. The average molecular weight is 288 g/mol. The van der Waals surface area contributed by atoms with Gasteiger partial charge in [0.1, 0.15) is 6.61 Å². The lowest BCUT2D eigenvalue weighted by atomic mass is 10.3. The van der Waals surface area contributed by atoms with Crippen molar-refractivity contribution in [2.45, 2.75) is 25.4 Å². The van der Waals surface area contributed by atoms with E-state index in [-0.39, 0.29) is 0 Å². The van der Waals surface area contributed by atoms with Gasteiger partial charge in [0.2, 0.25) is 5.88 Å². The zero-order chi connectivity index (χ0) is 14.5. The Morgan fingerprint density at radius 1 is 1.29 bits per heavy atom. The number of ether oxygens (including phenoxy) is 2. The van der Waals surface area contributed by atoms with E-state index in [1.54, 1.807) is 13.3 Å². The molecule has 2 heterocycles. The standard InChI is InChI=1S/C15H20N4O2/c1-20-6-7-21-15-5-2-12(8-18-15)17-10-14-9-16-11-19(14)13-3-4-13/h2,5,8-9,11,13,17H,3-4,6-7,10H2,1H3. The fourth-order valence-electron chi connectivity index (χ4n) is 2.14. The van der Waals surface area contributed by atoms with Crippen molar-refractivity contribution in [1.29, 1.82) is 0 Å². The number of pyridine rings is 1. The first-order valence-electron chi connectivity index (χ1n) is 7.19. The van der Waals surface area contributed by atoms with E-state index < -0.39 is 0 Å². The minimum Gasteiger partial charge on any atom is -0.475 e. The number of methoxy groups -OCH3 is 1. The molecule has 0 radical (unpaired) electrons. The molecule has 112 valence electrons. The number of nitrogens with one attached hydrogen (secondary N) is 1. The van der Waals surface area contributed by atoms with Crippen LogP contribution in [0.4, 0.5) is 5.69 Å². The second-order valence-electron chi connectivity index (χ2n) is 5.10. The molecule has 6 nitrogen and oxygen atoms in total. The van der Waals surface area contributed by atoms with E-state index in [1.165, 1.54) is 18.5 Å². The maximum Gasteiger partial charge on any atom is 0.213 e. The third-order valence-electron chi connectivity index (χ3n) is 3.43. The molecule has 1 aliphatic carbocycles. The summed E-state index contributed by atoms with van der Waals surface area (Å²) in [6.07, 6.45) is 8.14. The van der Waals surface area contributed by atoms with Crippen molar-refractivity contribution >= 4 is 5.69 Å². The molecule has 0 unspecified atom stereocenters. The van der Waals surface area contributed by atoms with Crippen molar-refractivity contribution < 1.29 is 9.47 Å². The maximum atomic E-state index is 5.43. The molecule has 1 fully saturated rings. The van der Waals surface area contributed by atoms with Crippen LogP contribution in [0.15, 0.2) is 30.9 Å². The Labute approximate surface area is 124 Å². The van der Waals surface area contributed by atoms with Crippen molar-refractivity contribution in [1.82, 2.24) is 14.5 Å². The van der Waals surface area contributed by atoms with Crippen LogP contribution in [-0.2, 0) is 11.3 Å². The highest BCUT2D eigenvalue weighted by Crippen LogP contribution is 2.35. The van der Waals surface area contributed by atoms with Gasteiger partial charge in [-0.2, -0.15) is 0 Å². The second-order valence-corrected chi connectivity index (χ2v) is 5.10. The fourth-order valence-corrected chi connectivity index (χ4v) is 2.14. The quantitative estimate of drug-likeness (QED) is 0.755. The van der Waals surface area contributed by atoms with Crippen LogP contribution in [0.25, 0.3) is 0 Å². The molecule has 3 rings (SSSR count). The molecule has 0 aromatic carbocycles. The van der Waals surface area contributed by atoms with Crippen LogP contribution in [0.3, 0.4) is 0 Å². The number of hydrogen-bond acceptors (Lipinski definition) is 5. The monoisotopic (exact) mass is 288 g/mol. The van der Waals surface area contributed by atoms with Gasteiger partial charge < -0.3 is 19.4 Å². The van der Waals surface area contributed by atoms with E-state index in [4.69, 9.17) is 9.47 Å². The largest absolute Gasteiger partial charge is 0.475 e. The lowest BCUT2D eigenvalue weighted by molar-refractivity contribution is 0.144. The van der Waals surface area contributed by atoms with Crippen molar-refractivity contribution in [3.63, 3.8) is 0 Å². The molecule has 0 spiro atoms. The zero-order valence-corrected chi connectivity index (χ0v) is 12.2. The van der Waals surface area contributed by atoms with Gasteiger partial charge in [0, 0.05) is 25.4 Å². The average Bonchev–Trinajstić information content (AvgIpc) is 3.25. The number of hydrogen-bond donors (Lipinski definition) is 1. The minimum absolute atomic E-state index is 0.511. The summed E-state index contributed by atoms with van der Waals surface area (Å²) in [7, 11) is 1.65. The van der Waals surface area contributed by atoms with Crippen LogP contribution < -0.4 is 10.1 Å². The SMILES string of the molecule is COCCOc1ccc(NCc2cncn2C2CC2)cn1. The van der Waals surface area contributed by atoms with Crippen molar-refractivity contribution in [3.05, 3.63) is 36.5 Å². The Bertz CT molecular complexity index is 563. The van der Waals surface area contributed by atoms with Gasteiger partial charge in [0.05, 0.1) is 37.1 Å². The number of anilines is 1. The zero-order valence-electron chi connectivity index (χ0n) is 12.2. The molecule has 2 aromatic rings. The van der Waals surface area contributed by atoms with E-state index in [0.29, 0.717) is 25.1 Å². The van der Waals surface area contributed by atoms with Crippen LogP contribution >= 0.6 is 0 Å². The molecule has 21 heavy (non-hydrogen) atoms. The first-order valence-corrected chi connectivity index (χ1v) is 7.19. The molecule has 0 saturated heterocycles. The molecule has 0 atom stereocenters. The fraction of sp³-hybridized carbons (Fsp3) is 0.467. The van der Waals surface area contributed by atoms with Crippen molar-refractivity contribution in [2.24, 2.45) is 0 Å². The first kappa shape index (κ1) is 13.9. The lowest BCUT2D eigenvalue weighted by Crippen LogP contribution is -2.07. The third-order valence-corrected chi connectivity index (χ3v) is 3.43. The normalized spacial score (nSPS) is 14.1. The number of nitrogens with zero attached hydrogens (tertiary/aromatic N) is 3. The summed E-state index contributed by atoms with van der Waals surface area (Å²) in [6.45, 7) is 1.83. The highest BCUT2D eigenvalue weighted by Gasteiger charge is 2.24. The smallest absolute Gasteiger partial charge is 0.213 e. The highest BCUT2D eigenvalue weighted by molar-refractivity contribution is 5.42. The lowest BCUT2D eigenvalue weighted by Gasteiger charge is -2.09. The van der Waals surface area contributed by atoms with Gasteiger partial charge in [-0.15, -0.1) is 0 Å². The molecule has 6 heteroatoms. The summed E-state index contributed by atoms with van der Waals surface area (Å²) in [6, 6.07) is 4.47. The third kappa shape index (κ3) is 3.72. The summed E-state index contributed by atoms with van der Waals surface area (Å²) in [5.41, 5.74) is 2.18. The second kappa shape index (κ2) is 6.58. The van der Waals surface area contributed by atoms with Crippen LogP contribution in [0, 0.1) is 0 Å². The summed E-state index contributed by atoms with van der Waals surface area (Å²) < 4.78 is 12.6. The van der Waals surface area contributed by atoms with Gasteiger partial charge in [-0.25, -0.2) is 9.97 Å². The van der Waals surface area contributed by atoms with Gasteiger partial charge in [0.15, 0.2) is 0 Å². The van der Waals surface area contributed by atoms with Gasteiger partial charge in [-0.05, 0) is 18.9 Å².